The minimum absolute atomic E-state index is 0.0469. The molecular formula is C7H12N2O3S3. The third-order valence-corrected chi connectivity index (χ3v) is 6.78. The Bertz CT molecular complexity index is 426. The van der Waals surface area contributed by atoms with Crippen LogP contribution in [0.25, 0.3) is 0 Å². The summed E-state index contributed by atoms with van der Waals surface area (Å²) in [6.07, 6.45) is 0. The van der Waals surface area contributed by atoms with Gasteiger partial charge in [0.1, 0.15) is 5.75 Å². The lowest BCUT2D eigenvalue weighted by Crippen LogP contribution is -2.13. The molecule has 0 radical (unpaired) electrons. The first-order chi connectivity index (χ1) is 6.89. The minimum atomic E-state index is -3.39. The van der Waals surface area contributed by atoms with Gasteiger partial charge in [-0.25, -0.2) is 8.42 Å². The van der Waals surface area contributed by atoms with E-state index >= 15 is 0 Å². The van der Waals surface area contributed by atoms with E-state index in [2.05, 4.69) is 10.2 Å². The van der Waals surface area contributed by atoms with Crippen molar-refractivity contribution in [2.24, 2.45) is 0 Å². The zero-order valence-electron chi connectivity index (χ0n) is 8.63. The molecular weight excluding hydrogens is 256 g/mol. The van der Waals surface area contributed by atoms with E-state index in [1.807, 2.05) is 0 Å². The van der Waals surface area contributed by atoms with Crippen molar-refractivity contribution in [2.75, 3.05) is 5.75 Å². The smallest absolute Gasteiger partial charge is 0.322 e. The van der Waals surface area contributed by atoms with Crippen LogP contribution in [0.1, 0.15) is 20.8 Å². The van der Waals surface area contributed by atoms with E-state index in [1.165, 1.54) is 0 Å². The van der Waals surface area contributed by atoms with Crippen LogP contribution in [0.15, 0.2) is 8.68 Å². The summed E-state index contributed by atoms with van der Waals surface area (Å²) >= 11 is -0.347. The highest BCUT2D eigenvalue weighted by Gasteiger charge is 2.27. The van der Waals surface area contributed by atoms with Gasteiger partial charge in [0, 0.05) is 11.2 Å². The van der Waals surface area contributed by atoms with E-state index in [0.717, 1.165) is 11.3 Å². The number of nitrogens with zero attached hydrogens (tertiary/aromatic N) is 2. The van der Waals surface area contributed by atoms with Gasteiger partial charge in [-0.3, -0.25) is 0 Å². The predicted molar refractivity (Wildman–Crippen MR) is 59.2 cm³/mol. The van der Waals surface area contributed by atoms with E-state index in [9.17, 15) is 13.0 Å². The van der Waals surface area contributed by atoms with E-state index in [-0.39, 0.29) is 8.68 Å². The molecule has 1 aromatic heterocycles. The zero-order chi connectivity index (χ0) is 11.6. The molecule has 0 aromatic carbocycles. The number of aromatic nitrogens is 2. The number of rotatable bonds is 4. The van der Waals surface area contributed by atoms with Crippen molar-refractivity contribution in [3.05, 3.63) is 0 Å². The highest BCUT2D eigenvalue weighted by molar-refractivity contribution is 7.96. The lowest BCUT2D eigenvalue weighted by molar-refractivity contribution is 0.584. The lowest BCUT2D eigenvalue weighted by Gasteiger charge is -2.02. The van der Waals surface area contributed by atoms with Crippen LogP contribution in [0.2, 0.25) is 0 Å². The summed E-state index contributed by atoms with van der Waals surface area (Å²) in [6, 6.07) is 0. The molecule has 0 aliphatic heterocycles. The standard InChI is InChI=1S/C7H12N2O3S3/c1-4-14(10)6-8-9-7(13-6)15(11,12)5(2)3/h5H,4H2,1-3H3. The van der Waals surface area contributed by atoms with Crippen molar-refractivity contribution >= 4 is 32.3 Å². The monoisotopic (exact) mass is 268 g/mol. The molecule has 0 N–H and O–H groups in total. The molecule has 1 rings (SSSR count). The second kappa shape index (κ2) is 4.77. The van der Waals surface area contributed by atoms with Crippen LogP contribution in [0.3, 0.4) is 0 Å². The number of sulfone groups is 1. The van der Waals surface area contributed by atoms with E-state index in [1.54, 1.807) is 20.8 Å². The fourth-order valence-electron chi connectivity index (χ4n) is 0.729. The molecule has 5 nitrogen and oxygen atoms in total. The first-order valence-electron chi connectivity index (χ1n) is 4.35. The molecule has 1 aromatic rings. The van der Waals surface area contributed by atoms with Gasteiger partial charge in [-0.05, 0) is 32.1 Å². The summed E-state index contributed by atoms with van der Waals surface area (Å²) in [4.78, 5) is 0. The van der Waals surface area contributed by atoms with Crippen LogP contribution in [-0.2, 0) is 21.0 Å². The van der Waals surface area contributed by atoms with E-state index < -0.39 is 26.3 Å². The Balaban J connectivity index is 3.05. The predicted octanol–water partition coefficient (Wildman–Crippen LogP) is 0.848. The van der Waals surface area contributed by atoms with Crippen LogP contribution < -0.4 is 0 Å². The van der Waals surface area contributed by atoms with Gasteiger partial charge in [-0.15, -0.1) is 5.10 Å². The van der Waals surface area contributed by atoms with E-state index in [0.29, 0.717) is 5.75 Å². The molecule has 86 valence electrons. The summed E-state index contributed by atoms with van der Waals surface area (Å²) in [5.74, 6) is 0.413. The van der Waals surface area contributed by atoms with Gasteiger partial charge < -0.3 is 4.55 Å². The summed E-state index contributed by atoms with van der Waals surface area (Å²) < 4.78 is 34.9. The van der Waals surface area contributed by atoms with Crippen LogP contribution in [0.4, 0.5) is 0 Å². The van der Waals surface area contributed by atoms with Gasteiger partial charge in [0.05, 0.1) is 5.25 Å². The van der Waals surface area contributed by atoms with Crippen LogP contribution in [0, 0.1) is 0 Å². The SMILES string of the molecule is CC[S+]([O-])c1nnc(S(=O)(=O)C(C)C)s1. The Morgan fingerprint density at radius 1 is 1.47 bits per heavy atom. The Hall–Kier alpha value is -0.180. The molecule has 0 aliphatic carbocycles. The van der Waals surface area contributed by atoms with Crippen molar-refractivity contribution < 1.29 is 13.0 Å². The second-order valence-corrected chi connectivity index (χ2v) is 8.63. The topological polar surface area (TPSA) is 83.0 Å². The summed E-state index contributed by atoms with van der Waals surface area (Å²) in [5, 5.41) is 6.66. The Morgan fingerprint density at radius 2 is 2.07 bits per heavy atom. The molecule has 0 fully saturated rings. The molecule has 0 saturated carbocycles. The molecule has 0 amide bonds. The highest BCUT2D eigenvalue weighted by atomic mass is 32.3. The summed E-state index contributed by atoms with van der Waals surface area (Å²) in [7, 11) is -3.39. The van der Waals surface area contributed by atoms with Crippen molar-refractivity contribution in [3.8, 4) is 0 Å². The molecule has 1 atom stereocenters. The van der Waals surface area contributed by atoms with Crippen LogP contribution in [0.5, 0.6) is 0 Å². The first-order valence-corrected chi connectivity index (χ1v) is 8.03. The highest BCUT2D eigenvalue weighted by Crippen LogP contribution is 2.23. The quantitative estimate of drug-likeness (QED) is 0.756. The normalized spacial score (nSPS) is 14.5. The average molecular weight is 268 g/mol. The molecule has 1 unspecified atom stereocenters. The molecule has 0 saturated heterocycles. The first kappa shape index (κ1) is 12.9. The van der Waals surface area contributed by atoms with Crippen molar-refractivity contribution in [1.29, 1.82) is 0 Å². The number of hydrogen-bond acceptors (Lipinski definition) is 6. The fraction of sp³-hybridized carbons (Fsp3) is 0.714. The lowest BCUT2D eigenvalue weighted by atomic mass is 10.6. The van der Waals surface area contributed by atoms with Gasteiger partial charge in [0.15, 0.2) is 0 Å². The largest absolute Gasteiger partial charge is 0.610 e. The maximum absolute atomic E-state index is 11.7. The van der Waals surface area contributed by atoms with Crippen LogP contribution >= 0.6 is 11.3 Å². The third-order valence-electron chi connectivity index (χ3n) is 1.71. The van der Waals surface area contributed by atoms with Gasteiger partial charge in [0.25, 0.3) is 0 Å². The van der Waals surface area contributed by atoms with Gasteiger partial charge >= 0.3 is 4.34 Å². The zero-order valence-corrected chi connectivity index (χ0v) is 11.1. The molecule has 8 heteroatoms. The van der Waals surface area contributed by atoms with E-state index in [4.69, 9.17) is 0 Å². The van der Waals surface area contributed by atoms with Crippen molar-refractivity contribution in [1.82, 2.24) is 10.2 Å². The maximum atomic E-state index is 11.7. The second-order valence-electron chi connectivity index (χ2n) is 3.06. The Morgan fingerprint density at radius 3 is 2.53 bits per heavy atom. The van der Waals surface area contributed by atoms with Gasteiger partial charge in [-0.2, -0.15) is 0 Å². The molecule has 0 bridgehead atoms. The van der Waals surface area contributed by atoms with Crippen molar-refractivity contribution in [2.45, 2.75) is 34.7 Å². The molecule has 15 heavy (non-hydrogen) atoms. The average Bonchev–Trinajstić information content (AvgIpc) is 2.65. The maximum Gasteiger partial charge on any atom is 0.322 e. The van der Waals surface area contributed by atoms with Crippen LogP contribution in [-0.4, -0.2) is 34.2 Å². The molecule has 0 aliphatic rings. The summed E-state index contributed by atoms with van der Waals surface area (Å²) in [6.45, 7) is 4.90. The molecule has 0 spiro atoms. The number of hydrogen-bond donors (Lipinski definition) is 0. The summed E-state index contributed by atoms with van der Waals surface area (Å²) in [5.41, 5.74) is 0. The molecule has 1 heterocycles. The van der Waals surface area contributed by atoms with Gasteiger partial charge in [-0.1, -0.05) is 5.10 Å². The third kappa shape index (κ3) is 2.68. The van der Waals surface area contributed by atoms with Gasteiger partial charge in [0.2, 0.25) is 14.2 Å². The Kier molecular flexibility index (Phi) is 4.10. The Labute approximate surface area is 96.0 Å². The van der Waals surface area contributed by atoms with Crippen molar-refractivity contribution in [3.63, 3.8) is 0 Å². The fourth-order valence-corrected chi connectivity index (χ4v) is 4.38. The minimum Gasteiger partial charge on any atom is -0.610 e.